The first kappa shape index (κ1) is 28.9. The summed E-state index contributed by atoms with van der Waals surface area (Å²) in [5, 5.41) is 0. The van der Waals surface area contributed by atoms with E-state index in [4.69, 9.17) is 19.0 Å². The van der Waals surface area contributed by atoms with Crippen molar-refractivity contribution in [2.75, 3.05) is 20.8 Å². The number of methoxy groups -OCH3 is 2. The molecular weight excluding hydrogens is 488 g/mol. The van der Waals surface area contributed by atoms with E-state index in [-0.39, 0.29) is 19.6 Å². The van der Waals surface area contributed by atoms with Gasteiger partial charge in [0.1, 0.15) is 23.6 Å². The molecule has 0 aliphatic carbocycles. The maximum Gasteiger partial charge on any atom is 0.441 e. The molecule has 2 rings (SSSR count). The predicted octanol–water partition coefficient (Wildman–Crippen LogP) is 4.20. The lowest BCUT2D eigenvalue weighted by molar-refractivity contribution is -0.999. The van der Waals surface area contributed by atoms with Crippen LogP contribution >= 0.6 is 0 Å². The van der Waals surface area contributed by atoms with Crippen LogP contribution < -0.4 is 9.47 Å². The molecule has 2 aromatic rings. The van der Waals surface area contributed by atoms with E-state index in [0.29, 0.717) is 26.9 Å². The number of ether oxygens (including phenoxy) is 3. The second-order valence-electron chi connectivity index (χ2n) is 9.03. The quantitative estimate of drug-likeness (QED) is 0.337. The van der Waals surface area contributed by atoms with Crippen molar-refractivity contribution in [2.45, 2.75) is 53.3 Å². The summed E-state index contributed by atoms with van der Waals surface area (Å²) in [5.74, 6) is 0.338. The minimum absolute atomic E-state index is 0.171. The molecule has 0 aliphatic heterocycles. The molecule has 0 N–H and O–H groups in total. The van der Waals surface area contributed by atoms with Gasteiger partial charge in [-0.25, -0.2) is 9.59 Å². The van der Waals surface area contributed by atoms with Crippen LogP contribution in [0.1, 0.15) is 45.7 Å². The average molecular weight is 524 g/mol. The lowest BCUT2D eigenvalue weighted by Gasteiger charge is -2.36. The normalized spacial score (nSPS) is 13.3. The monoisotopic (exact) mass is 523 g/mol. The second kappa shape index (κ2) is 11.6. The van der Waals surface area contributed by atoms with Crippen molar-refractivity contribution in [3.8, 4) is 11.5 Å². The molecule has 0 saturated carbocycles. The minimum Gasteiger partial charge on any atom is -0.497 e. The molecule has 36 heavy (non-hydrogen) atoms. The molecule has 11 heteroatoms. The summed E-state index contributed by atoms with van der Waals surface area (Å²) in [6, 6.07) is 13.3. The molecule has 0 aliphatic rings. The third kappa shape index (κ3) is 7.11. The van der Waals surface area contributed by atoms with Gasteiger partial charge in [0.25, 0.3) is 0 Å². The molecule has 0 radical (unpaired) electrons. The molecule has 198 valence electrons. The van der Waals surface area contributed by atoms with Crippen LogP contribution in [0.15, 0.2) is 48.5 Å². The predicted molar refractivity (Wildman–Crippen MR) is 133 cm³/mol. The van der Waals surface area contributed by atoms with Crippen LogP contribution in [0, 0.1) is 0 Å². The first-order chi connectivity index (χ1) is 16.8. The Balaban J connectivity index is 2.61. The Kier molecular flexibility index (Phi) is 9.33. The Morgan fingerprint density at radius 3 is 1.75 bits per heavy atom. The van der Waals surface area contributed by atoms with Crippen LogP contribution in [0.3, 0.4) is 0 Å². The molecular formula is C25H35N2O8S+. The number of hydroxylamine groups is 2. The number of nitrogens with zero attached hydrogens (tertiary/aromatic N) is 2. The van der Waals surface area contributed by atoms with E-state index < -0.39 is 31.9 Å². The Morgan fingerprint density at radius 1 is 0.889 bits per heavy atom. The fourth-order valence-electron chi connectivity index (χ4n) is 3.37. The molecule has 0 saturated heterocycles. The van der Waals surface area contributed by atoms with Gasteiger partial charge in [0.05, 0.1) is 20.8 Å². The number of quaternary nitrogens is 1. The summed E-state index contributed by atoms with van der Waals surface area (Å²) in [4.78, 5) is 30.8. The Hall–Kier alpha value is -3.31. The lowest BCUT2D eigenvalue weighted by atomic mass is 10.2. The van der Waals surface area contributed by atoms with E-state index >= 15 is 0 Å². The maximum absolute atomic E-state index is 14.2. The van der Waals surface area contributed by atoms with Gasteiger partial charge in [0, 0.05) is 12.5 Å². The highest BCUT2D eigenvalue weighted by atomic mass is 32.2. The van der Waals surface area contributed by atoms with Crippen LogP contribution in [-0.2, 0) is 37.7 Å². The van der Waals surface area contributed by atoms with Gasteiger partial charge in [-0.15, -0.1) is 8.42 Å². The Morgan fingerprint density at radius 2 is 1.36 bits per heavy atom. The number of rotatable bonds is 10. The fourth-order valence-corrected chi connectivity index (χ4v) is 5.11. The number of amides is 1. The van der Waals surface area contributed by atoms with Crippen LogP contribution in [0.5, 0.6) is 11.5 Å². The molecule has 2 aromatic carbocycles. The molecule has 1 atom stereocenters. The van der Waals surface area contributed by atoms with Crippen LogP contribution in [0.4, 0.5) is 4.79 Å². The van der Waals surface area contributed by atoms with Gasteiger partial charge in [-0.1, -0.05) is 12.1 Å². The van der Waals surface area contributed by atoms with Crippen molar-refractivity contribution in [1.29, 1.82) is 0 Å². The van der Waals surface area contributed by atoms with Gasteiger partial charge >= 0.3 is 22.3 Å². The largest absolute Gasteiger partial charge is 0.497 e. The molecule has 10 nitrogen and oxygen atoms in total. The van der Waals surface area contributed by atoms with Crippen molar-refractivity contribution in [2.24, 2.45) is 0 Å². The molecule has 0 fully saturated rings. The van der Waals surface area contributed by atoms with E-state index in [0.717, 1.165) is 6.92 Å². The average Bonchev–Trinajstić information content (AvgIpc) is 2.81. The SMILES string of the molecule is CC[N+](Cc1ccc(OC)cc1)(OC(C)=O)S(=O)(=O)N(Cc1ccc(OC)cc1)C(=O)OC(C)(C)C. The van der Waals surface area contributed by atoms with Crippen molar-refractivity contribution in [3.05, 3.63) is 59.7 Å². The van der Waals surface area contributed by atoms with Crippen molar-refractivity contribution < 1.29 is 41.1 Å². The maximum atomic E-state index is 14.2. The molecule has 0 aromatic heterocycles. The van der Waals surface area contributed by atoms with E-state index in [1.165, 1.54) is 14.2 Å². The first-order valence-electron chi connectivity index (χ1n) is 11.4. The number of hydrogen-bond donors (Lipinski definition) is 0. The Bertz CT molecular complexity index is 1140. The molecule has 0 bridgehead atoms. The fraction of sp³-hybridized carbons (Fsp3) is 0.440. The Labute approximate surface area is 213 Å². The van der Waals surface area contributed by atoms with Gasteiger partial charge in [-0.3, -0.25) is 4.84 Å². The van der Waals surface area contributed by atoms with Crippen molar-refractivity contribution in [3.63, 3.8) is 0 Å². The summed E-state index contributed by atoms with van der Waals surface area (Å²) in [6.07, 6.45) is -1.09. The zero-order valence-electron chi connectivity index (χ0n) is 21.8. The summed E-state index contributed by atoms with van der Waals surface area (Å²) in [7, 11) is -1.65. The van der Waals surface area contributed by atoms with Crippen LogP contribution in [0.2, 0.25) is 0 Å². The zero-order chi connectivity index (χ0) is 27.1. The minimum atomic E-state index is -4.68. The zero-order valence-corrected chi connectivity index (χ0v) is 22.6. The highest BCUT2D eigenvalue weighted by Crippen LogP contribution is 2.29. The van der Waals surface area contributed by atoms with Gasteiger partial charge in [0.15, 0.2) is 6.54 Å². The van der Waals surface area contributed by atoms with E-state index in [9.17, 15) is 18.0 Å². The number of carbonyl (C=O) groups is 2. The topological polar surface area (TPSA) is 108 Å². The van der Waals surface area contributed by atoms with Gasteiger partial charge in [-0.05, 0) is 73.7 Å². The smallest absolute Gasteiger partial charge is 0.441 e. The van der Waals surface area contributed by atoms with Crippen LogP contribution in [-0.4, -0.2) is 55.2 Å². The molecule has 0 spiro atoms. The third-order valence-electron chi connectivity index (χ3n) is 5.14. The number of benzene rings is 2. The highest BCUT2D eigenvalue weighted by molar-refractivity contribution is 7.83. The summed E-state index contributed by atoms with van der Waals surface area (Å²) in [5.41, 5.74) is 0.0899. The summed E-state index contributed by atoms with van der Waals surface area (Å²) in [6.45, 7) is 6.82. The molecule has 1 amide bonds. The number of carbonyl (C=O) groups excluding carboxylic acids is 2. The van der Waals surface area contributed by atoms with Gasteiger partial charge < -0.3 is 14.2 Å². The lowest BCUT2D eigenvalue weighted by Crippen LogP contribution is -2.59. The first-order valence-corrected chi connectivity index (χ1v) is 12.8. The highest BCUT2D eigenvalue weighted by Gasteiger charge is 2.52. The van der Waals surface area contributed by atoms with Crippen molar-refractivity contribution in [1.82, 2.24) is 4.31 Å². The number of hydrogen-bond acceptors (Lipinski definition) is 8. The van der Waals surface area contributed by atoms with E-state index in [1.54, 1.807) is 76.2 Å². The van der Waals surface area contributed by atoms with Gasteiger partial charge in [0.2, 0.25) is 0 Å². The van der Waals surface area contributed by atoms with E-state index in [2.05, 4.69) is 0 Å². The molecule has 1 unspecified atom stereocenters. The molecule has 0 heterocycles. The summed E-state index contributed by atoms with van der Waals surface area (Å²) >= 11 is 0. The third-order valence-corrected chi connectivity index (χ3v) is 7.28. The van der Waals surface area contributed by atoms with Gasteiger partial charge in [-0.2, -0.15) is 4.31 Å². The van der Waals surface area contributed by atoms with Crippen molar-refractivity contribution >= 4 is 22.3 Å². The van der Waals surface area contributed by atoms with Crippen LogP contribution in [0.25, 0.3) is 0 Å². The van der Waals surface area contributed by atoms with E-state index in [1.807, 2.05) is 0 Å². The summed E-state index contributed by atoms with van der Waals surface area (Å²) < 4.78 is 43.5. The second-order valence-corrected chi connectivity index (χ2v) is 11.0. The standard InChI is InChI=1S/C25H35N2O8S/c1-8-27(35-19(2)28,18-21-11-15-23(33-7)16-12-21)36(30,31)26(24(29)34-25(3,4)5)17-20-9-13-22(32-6)14-10-20/h9-16H,8,17-18H2,1-7H3/q+1.